The second kappa shape index (κ2) is 6.61. The quantitative estimate of drug-likeness (QED) is 0.735. The van der Waals surface area contributed by atoms with Crippen molar-refractivity contribution in [2.24, 2.45) is 0 Å². The number of halogens is 2. The largest absolute Gasteiger partial charge is 0.266 e. The molecule has 0 aliphatic heterocycles. The summed E-state index contributed by atoms with van der Waals surface area (Å²) in [4.78, 5) is 4.15. The summed E-state index contributed by atoms with van der Waals surface area (Å²) in [6.07, 6.45) is 1.56. The van der Waals surface area contributed by atoms with E-state index in [1.807, 2.05) is 0 Å². The number of hydrogen-bond acceptors (Lipinski definition) is 2. The van der Waals surface area contributed by atoms with Crippen LogP contribution in [0.1, 0.15) is 22.5 Å². The van der Waals surface area contributed by atoms with E-state index in [0.29, 0.717) is 0 Å². The zero-order chi connectivity index (χ0) is 15.4. The van der Waals surface area contributed by atoms with Gasteiger partial charge in [0.15, 0.2) is 0 Å². The lowest BCUT2D eigenvalue weighted by Gasteiger charge is -2.17. The van der Waals surface area contributed by atoms with Crippen molar-refractivity contribution in [3.63, 3.8) is 0 Å². The number of nitrogens with one attached hydrogen (secondary N) is 1. The van der Waals surface area contributed by atoms with E-state index in [1.54, 1.807) is 30.6 Å². The maximum absolute atomic E-state index is 13.2. The number of benzene rings is 2. The number of aromatic amines is 1. The van der Waals surface area contributed by atoms with E-state index < -0.39 is 9.52 Å². The Morgan fingerprint density at radius 2 is 1.45 bits per heavy atom. The standard InChI is InChI=1S/C16H15F2N3Si/c17-13-5-1-11(2-6-13)16(12-3-7-14(18)8-4-12)22-9-15-19-10-20-21-15/h1-8,10,16H,9,22H2,(H,19,20,21). The van der Waals surface area contributed by atoms with E-state index in [1.165, 1.54) is 24.3 Å². The molecule has 0 fully saturated rings. The van der Waals surface area contributed by atoms with Gasteiger partial charge in [-0.2, -0.15) is 5.10 Å². The van der Waals surface area contributed by atoms with E-state index in [2.05, 4.69) is 15.2 Å². The minimum atomic E-state index is -0.655. The predicted octanol–water partition coefficient (Wildman–Crippen LogP) is 2.54. The highest BCUT2D eigenvalue weighted by atomic mass is 28.2. The molecule has 3 aromatic rings. The average Bonchev–Trinajstić information content (AvgIpc) is 3.04. The highest BCUT2D eigenvalue weighted by molar-refractivity contribution is 6.38. The normalized spacial score (nSPS) is 11.6. The first-order valence-electron chi connectivity index (χ1n) is 7.08. The lowest BCUT2D eigenvalue weighted by atomic mass is 10.0. The van der Waals surface area contributed by atoms with Gasteiger partial charge in [0.05, 0.1) is 0 Å². The number of H-pyrrole nitrogens is 1. The zero-order valence-corrected chi connectivity index (χ0v) is 13.3. The topological polar surface area (TPSA) is 41.6 Å². The molecule has 0 radical (unpaired) electrons. The van der Waals surface area contributed by atoms with Crippen LogP contribution < -0.4 is 0 Å². The molecule has 6 heteroatoms. The molecule has 0 spiro atoms. The fraction of sp³-hybridized carbons (Fsp3) is 0.125. The summed E-state index contributed by atoms with van der Waals surface area (Å²) < 4.78 is 26.3. The van der Waals surface area contributed by atoms with Crippen LogP contribution in [0.3, 0.4) is 0 Å². The number of rotatable bonds is 5. The molecule has 3 nitrogen and oxygen atoms in total. The van der Waals surface area contributed by atoms with Crippen molar-refractivity contribution >= 4 is 9.52 Å². The van der Waals surface area contributed by atoms with Crippen molar-refractivity contribution in [1.29, 1.82) is 0 Å². The Morgan fingerprint density at radius 3 is 1.91 bits per heavy atom. The number of aromatic nitrogens is 3. The van der Waals surface area contributed by atoms with Gasteiger partial charge in [-0.25, -0.2) is 13.8 Å². The minimum Gasteiger partial charge on any atom is -0.266 e. The molecule has 0 saturated heterocycles. The fourth-order valence-corrected chi connectivity index (χ4v) is 4.54. The smallest absolute Gasteiger partial charge is 0.147 e. The van der Waals surface area contributed by atoms with Crippen LogP contribution in [-0.2, 0) is 6.04 Å². The summed E-state index contributed by atoms with van der Waals surface area (Å²) in [7, 11) is -0.655. The fourth-order valence-electron chi connectivity index (χ4n) is 2.55. The zero-order valence-electron chi connectivity index (χ0n) is 11.8. The van der Waals surface area contributed by atoms with Crippen LogP contribution in [0.15, 0.2) is 54.9 Å². The average molecular weight is 315 g/mol. The van der Waals surface area contributed by atoms with Crippen molar-refractivity contribution in [2.45, 2.75) is 11.6 Å². The highest BCUT2D eigenvalue weighted by Crippen LogP contribution is 2.24. The molecule has 22 heavy (non-hydrogen) atoms. The lowest BCUT2D eigenvalue weighted by molar-refractivity contribution is 0.626. The molecule has 0 amide bonds. The maximum Gasteiger partial charge on any atom is 0.147 e. The van der Waals surface area contributed by atoms with Crippen LogP contribution in [-0.4, -0.2) is 24.7 Å². The minimum absolute atomic E-state index is 0.180. The van der Waals surface area contributed by atoms with Gasteiger partial charge in [0, 0.05) is 9.52 Å². The number of nitrogens with zero attached hydrogens (tertiary/aromatic N) is 2. The molecule has 0 saturated carbocycles. The third kappa shape index (κ3) is 3.45. The summed E-state index contributed by atoms with van der Waals surface area (Å²) in [6.45, 7) is 0. The second-order valence-corrected chi connectivity index (χ2v) is 7.00. The monoisotopic (exact) mass is 315 g/mol. The number of hydrogen-bond donors (Lipinski definition) is 1. The predicted molar refractivity (Wildman–Crippen MR) is 83.3 cm³/mol. The van der Waals surface area contributed by atoms with E-state index in [4.69, 9.17) is 0 Å². The van der Waals surface area contributed by atoms with Gasteiger partial charge in [-0.3, -0.25) is 5.10 Å². The van der Waals surface area contributed by atoms with Crippen molar-refractivity contribution < 1.29 is 8.78 Å². The van der Waals surface area contributed by atoms with Crippen molar-refractivity contribution in [3.05, 3.63) is 83.4 Å². The Morgan fingerprint density at radius 1 is 0.909 bits per heavy atom. The molecule has 0 aliphatic rings. The summed E-state index contributed by atoms with van der Waals surface area (Å²) in [5.74, 6) is 0.287. The Hall–Kier alpha value is -2.34. The Balaban J connectivity index is 1.87. The molecule has 1 N–H and O–H groups in total. The molecule has 0 aliphatic carbocycles. The Labute approximate surface area is 129 Å². The van der Waals surface area contributed by atoms with Crippen molar-refractivity contribution in [1.82, 2.24) is 15.2 Å². The molecule has 0 atom stereocenters. The first kappa shape index (κ1) is 14.6. The lowest BCUT2D eigenvalue weighted by Crippen LogP contribution is -2.13. The van der Waals surface area contributed by atoms with E-state index in [0.717, 1.165) is 23.0 Å². The van der Waals surface area contributed by atoms with Crippen molar-refractivity contribution in [3.8, 4) is 0 Å². The van der Waals surface area contributed by atoms with Crippen LogP contribution in [0, 0.1) is 11.6 Å². The first-order chi connectivity index (χ1) is 10.7. The molecular formula is C16H15F2N3Si. The Bertz CT molecular complexity index is 667. The molecule has 0 bridgehead atoms. The van der Waals surface area contributed by atoms with Gasteiger partial charge in [0.25, 0.3) is 0 Å². The molecule has 3 rings (SSSR count). The summed E-state index contributed by atoms with van der Waals surface area (Å²) in [6, 6.07) is 13.9. The van der Waals surface area contributed by atoms with Gasteiger partial charge in [0.2, 0.25) is 0 Å². The third-order valence-corrected chi connectivity index (χ3v) is 5.92. The maximum atomic E-state index is 13.2. The summed E-state index contributed by atoms with van der Waals surface area (Å²) in [5, 5.41) is 6.79. The van der Waals surface area contributed by atoms with Gasteiger partial charge in [-0.15, -0.1) is 0 Å². The Kier molecular flexibility index (Phi) is 4.39. The van der Waals surface area contributed by atoms with Crippen LogP contribution >= 0.6 is 0 Å². The molecule has 0 unspecified atom stereocenters. The van der Waals surface area contributed by atoms with E-state index >= 15 is 0 Å². The second-order valence-electron chi connectivity index (χ2n) is 5.11. The van der Waals surface area contributed by atoms with Gasteiger partial charge >= 0.3 is 0 Å². The van der Waals surface area contributed by atoms with Crippen LogP contribution in [0.4, 0.5) is 8.78 Å². The van der Waals surface area contributed by atoms with E-state index in [9.17, 15) is 8.78 Å². The van der Waals surface area contributed by atoms with Crippen LogP contribution in [0.5, 0.6) is 0 Å². The van der Waals surface area contributed by atoms with Gasteiger partial charge < -0.3 is 0 Å². The molecule has 1 heterocycles. The van der Waals surface area contributed by atoms with E-state index in [-0.39, 0.29) is 17.2 Å². The highest BCUT2D eigenvalue weighted by Gasteiger charge is 2.16. The molecule has 2 aromatic carbocycles. The molecular weight excluding hydrogens is 300 g/mol. The van der Waals surface area contributed by atoms with Gasteiger partial charge in [-0.05, 0) is 47.0 Å². The van der Waals surface area contributed by atoms with Crippen molar-refractivity contribution in [2.75, 3.05) is 0 Å². The molecule has 1 aromatic heterocycles. The van der Waals surface area contributed by atoms with Gasteiger partial charge in [-0.1, -0.05) is 24.3 Å². The van der Waals surface area contributed by atoms with Crippen LogP contribution in [0.25, 0.3) is 0 Å². The van der Waals surface area contributed by atoms with Crippen LogP contribution in [0.2, 0.25) is 0 Å². The summed E-state index contributed by atoms with van der Waals surface area (Å²) in [5.41, 5.74) is 2.28. The SMILES string of the molecule is Fc1ccc(C([SiH2]Cc2nc[nH]n2)c2ccc(F)cc2)cc1. The third-order valence-electron chi connectivity index (χ3n) is 3.67. The van der Waals surface area contributed by atoms with Gasteiger partial charge in [0.1, 0.15) is 23.8 Å². The molecule has 112 valence electrons. The first-order valence-corrected chi connectivity index (χ1v) is 8.89. The summed E-state index contributed by atoms with van der Waals surface area (Å²) >= 11 is 0.